The van der Waals surface area contributed by atoms with E-state index < -0.39 is 0 Å². The van der Waals surface area contributed by atoms with Gasteiger partial charge >= 0.3 is 0 Å². The summed E-state index contributed by atoms with van der Waals surface area (Å²) in [4.78, 5) is 15.8. The molecular weight excluding hydrogens is 272 g/mol. The average molecular weight is 283 g/mol. The van der Waals surface area contributed by atoms with E-state index in [-0.39, 0.29) is 16.9 Å². The van der Waals surface area contributed by atoms with Crippen LogP contribution >= 0.6 is 11.6 Å². The maximum atomic E-state index is 12.0. The van der Waals surface area contributed by atoms with Gasteiger partial charge in [0.05, 0.1) is 19.2 Å². The van der Waals surface area contributed by atoms with Crippen LogP contribution in [0.2, 0.25) is 5.02 Å². The molecule has 0 aliphatic rings. The lowest BCUT2D eigenvalue weighted by Crippen LogP contribution is -2.13. The minimum Gasteiger partial charge on any atom is -0.493 e. The fourth-order valence-corrected chi connectivity index (χ4v) is 1.78. The number of H-pyrrole nitrogens is 1. The van der Waals surface area contributed by atoms with Gasteiger partial charge in [-0.1, -0.05) is 11.6 Å². The van der Waals surface area contributed by atoms with Crippen molar-refractivity contribution in [3.63, 3.8) is 0 Å². The normalized spacial score (nSPS) is 10.1. The second-order valence-corrected chi connectivity index (χ2v) is 3.89. The summed E-state index contributed by atoms with van der Waals surface area (Å²) >= 11 is 6.02. The van der Waals surface area contributed by atoms with Crippen LogP contribution in [0.15, 0.2) is 18.5 Å². The van der Waals surface area contributed by atoms with Gasteiger partial charge in [0, 0.05) is 5.56 Å². The summed E-state index contributed by atoms with van der Waals surface area (Å²) in [6, 6.07) is 3.00. The van der Waals surface area contributed by atoms with Crippen LogP contribution in [-0.2, 0) is 0 Å². The number of carbonyl (C=O) groups is 1. The lowest BCUT2D eigenvalue weighted by Gasteiger charge is -2.11. The molecule has 0 saturated carbocycles. The van der Waals surface area contributed by atoms with E-state index in [0.717, 1.165) is 0 Å². The number of halogens is 1. The lowest BCUT2D eigenvalue weighted by atomic mass is 10.2. The first-order valence-electron chi connectivity index (χ1n) is 5.24. The Morgan fingerprint density at radius 2 is 2.16 bits per heavy atom. The molecule has 100 valence electrons. The molecule has 0 aliphatic heterocycles. The van der Waals surface area contributed by atoms with E-state index in [2.05, 4.69) is 20.5 Å². The fourth-order valence-electron chi connectivity index (χ4n) is 1.49. The van der Waals surface area contributed by atoms with E-state index in [0.29, 0.717) is 17.1 Å². The molecule has 2 aromatic rings. The second-order valence-electron chi connectivity index (χ2n) is 3.48. The SMILES string of the molecule is COc1cc(C(=O)Nc2ncn[nH]2)cc(Cl)c1OC. The Labute approximate surface area is 113 Å². The van der Waals surface area contributed by atoms with Crippen molar-refractivity contribution in [2.45, 2.75) is 0 Å². The molecule has 2 N–H and O–H groups in total. The molecule has 1 aromatic carbocycles. The first kappa shape index (κ1) is 13.2. The predicted molar refractivity (Wildman–Crippen MR) is 68.9 cm³/mol. The Balaban J connectivity index is 2.29. The molecule has 0 spiro atoms. The largest absolute Gasteiger partial charge is 0.493 e. The van der Waals surface area contributed by atoms with Gasteiger partial charge in [0.2, 0.25) is 5.95 Å². The number of aromatic amines is 1. The molecule has 0 unspecified atom stereocenters. The van der Waals surface area contributed by atoms with Crippen molar-refractivity contribution in [1.82, 2.24) is 15.2 Å². The van der Waals surface area contributed by atoms with Crippen molar-refractivity contribution in [3.8, 4) is 11.5 Å². The second kappa shape index (κ2) is 5.57. The molecule has 8 heteroatoms. The number of ether oxygens (including phenoxy) is 2. The van der Waals surface area contributed by atoms with Crippen molar-refractivity contribution in [3.05, 3.63) is 29.0 Å². The van der Waals surface area contributed by atoms with Gasteiger partial charge in [0.15, 0.2) is 11.5 Å². The van der Waals surface area contributed by atoms with Crippen molar-refractivity contribution >= 4 is 23.5 Å². The molecule has 0 saturated heterocycles. The highest BCUT2D eigenvalue weighted by molar-refractivity contribution is 6.32. The molecule has 19 heavy (non-hydrogen) atoms. The first-order chi connectivity index (χ1) is 9.15. The number of benzene rings is 1. The Morgan fingerprint density at radius 3 is 2.74 bits per heavy atom. The summed E-state index contributed by atoms with van der Waals surface area (Å²) < 4.78 is 10.2. The van der Waals surface area contributed by atoms with Gasteiger partial charge in [-0.25, -0.2) is 5.10 Å². The van der Waals surface area contributed by atoms with Gasteiger partial charge in [0.25, 0.3) is 5.91 Å². The monoisotopic (exact) mass is 282 g/mol. The molecule has 1 aromatic heterocycles. The zero-order chi connectivity index (χ0) is 13.8. The highest BCUT2D eigenvalue weighted by Gasteiger charge is 2.15. The van der Waals surface area contributed by atoms with E-state index in [4.69, 9.17) is 21.1 Å². The number of amides is 1. The quantitative estimate of drug-likeness (QED) is 0.891. The summed E-state index contributed by atoms with van der Waals surface area (Å²) in [5.74, 6) is 0.605. The minimum absolute atomic E-state index is 0.246. The van der Waals surface area contributed by atoms with E-state index in [1.807, 2.05) is 0 Å². The maximum absolute atomic E-state index is 12.0. The molecule has 0 fully saturated rings. The molecular formula is C11H11ClN4O3. The topological polar surface area (TPSA) is 89.1 Å². The Hall–Kier alpha value is -2.28. The third-order valence-electron chi connectivity index (χ3n) is 2.34. The summed E-state index contributed by atoms with van der Waals surface area (Å²) in [5, 5.41) is 8.96. The summed E-state index contributed by atoms with van der Waals surface area (Å²) in [6.07, 6.45) is 1.29. The zero-order valence-corrected chi connectivity index (χ0v) is 11.0. The molecule has 1 heterocycles. The summed E-state index contributed by atoms with van der Waals surface area (Å²) in [7, 11) is 2.93. The van der Waals surface area contributed by atoms with E-state index in [9.17, 15) is 4.79 Å². The van der Waals surface area contributed by atoms with Crippen LogP contribution in [0.4, 0.5) is 5.95 Å². The van der Waals surface area contributed by atoms with Crippen LogP contribution in [0.5, 0.6) is 11.5 Å². The van der Waals surface area contributed by atoms with Crippen LogP contribution in [0.3, 0.4) is 0 Å². The molecule has 1 amide bonds. The Kier molecular flexibility index (Phi) is 3.86. The average Bonchev–Trinajstić information content (AvgIpc) is 2.90. The number of anilines is 1. The highest BCUT2D eigenvalue weighted by Crippen LogP contribution is 2.36. The zero-order valence-electron chi connectivity index (χ0n) is 10.2. The smallest absolute Gasteiger partial charge is 0.258 e. The van der Waals surface area contributed by atoms with E-state index in [1.54, 1.807) is 0 Å². The number of aromatic nitrogens is 3. The van der Waals surface area contributed by atoms with Gasteiger partial charge in [-0.3, -0.25) is 10.1 Å². The van der Waals surface area contributed by atoms with Crippen LogP contribution in [-0.4, -0.2) is 35.3 Å². The summed E-state index contributed by atoms with van der Waals surface area (Å²) in [5.41, 5.74) is 0.319. The standard InChI is InChI=1S/C11H11ClN4O3/c1-18-8-4-6(3-7(12)9(8)19-2)10(17)15-11-13-5-14-16-11/h3-5H,1-2H3,(H2,13,14,15,16,17). The predicted octanol–water partition coefficient (Wildman–Crippen LogP) is 1.73. The number of hydrogen-bond acceptors (Lipinski definition) is 5. The minimum atomic E-state index is -0.389. The Morgan fingerprint density at radius 1 is 1.37 bits per heavy atom. The molecule has 0 aliphatic carbocycles. The van der Waals surface area contributed by atoms with E-state index >= 15 is 0 Å². The number of rotatable bonds is 4. The fraction of sp³-hybridized carbons (Fsp3) is 0.182. The van der Waals surface area contributed by atoms with Crippen LogP contribution in [0.25, 0.3) is 0 Å². The van der Waals surface area contributed by atoms with Crippen LogP contribution in [0, 0.1) is 0 Å². The van der Waals surface area contributed by atoms with Crippen molar-refractivity contribution in [2.24, 2.45) is 0 Å². The van der Waals surface area contributed by atoms with Gasteiger partial charge < -0.3 is 9.47 Å². The molecule has 0 atom stereocenters. The lowest BCUT2D eigenvalue weighted by molar-refractivity contribution is 0.102. The molecule has 0 bridgehead atoms. The van der Waals surface area contributed by atoms with Crippen LogP contribution in [0.1, 0.15) is 10.4 Å². The number of nitrogens with one attached hydrogen (secondary N) is 2. The van der Waals surface area contributed by atoms with Crippen molar-refractivity contribution in [1.29, 1.82) is 0 Å². The molecule has 2 rings (SSSR count). The van der Waals surface area contributed by atoms with Crippen LogP contribution < -0.4 is 14.8 Å². The molecule has 0 radical (unpaired) electrons. The van der Waals surface area contributed by atoms with Gasteiger partial charge in [0.1, 0.15) is 6.33 Å². The third-order valence-corrected chi connectivity index (χ3v) is 2.62. The Bertz CT molecular complexity index is 586. The number of hydrogen-bond donors (Lipinski definition) is 2. The van der Waals surface area contributed by atoms with Crippen molar-refractivity contribution < 1.29 is 14.3 Å². The van der Waals surface area contributed by atoms with Crippen molar-refractivity contribution in [2.75, 3.05) is 19.5 Å². The summed E-state index contributed by atoms with van der Waals surface area (Å²) in [6.45, 7) is 0. The number of carbonyl (C=O) groups excluding carboxylic acids is 1. The number of nitrogens with zero attached hydrogens (tertiary/aromatic N) is 2. The maximum Gasteiger partial charge on any atom is 0.258 e. The first-order valence-corrected chi connectivity index (χ1v) is 5.61. The van der Waals surface area contributed by atoms with Gasteiger partial charge in [-0.15, -0.1) is 0 Å². The van der Waals surface area contributed by atoms with E-state index in [1.165, 1.54) is 32.7 Å². The molecule has 7 nitrogen and oxygen atoms in total. The highest BCUT2D eigenvalue weighted by atomic mass is 35.5. The van der Waals surface area contributed by atoms with Gasteiger partial charge in [-0.05, 0) is 12.1 Å². The van der Waals surface area contributed by atoms with Gasteiger partial charge in [-0.2, -0.15) is 10.1 Å². The number of methoxy groups -OCH3 is 2. The third kappa shape index (κ3) is 2.76.